The van der Waals surface area contributed by atoms with E-state index in [1.807, 2.05) is 25.1 Å². The van der Waals surface area contributed by atoms with Gasteiger partial charge in [0, 0.05) is 0 Å². The minimum Gasteiger partial charge on any atom is -0.464 e. The Kier molecular flexibility index (Phi) is 3.07. The fraction of sp³-hybridized carbons (Fsp3) is 0.267. The Morgan fingerprint density at radius 2 is 2.05 bits per heavy atom. The lowest BCUT2D eigenvalue weighted by Gasteiger charge is -2.05. The molecule has 4 heteroatoms. The van der Waals surface area contributed by atoms with Gasteiger partial charge in [0.15, 0.2) is 0 Å². The second-order valence-electron chi connectivity index (χ2n) is 4.70. The van der Waals surface area contributed by atoms with E-state index in [4.69, 9.17) is 16.0 Å². The maximum absolute atomic E-state index is 6.01. The Balaban J connectivity index is 2.13. The number of furan rings is 1. The molecule has 3 aromatic rings. The average molecular weight is 275 g/mol. The highest BCUT2D eigenvalue weighted by Crippen LogP contribution is 2.22. The molecule has 0 saturated carbocycles. The molecule has 0 unspecified atom stereocenters. The molecule has 0 radical (unpaired) electrons. The van der Waals surface area contributed by atoms with Gasteiger partial charge in [-0.15, -0.1) is 11.6 Å². The zero-order valence-electron chi connectivity index (χ0n) is 11.0. The van der Waals surface area contributed by atoms with Gasteiger partial charge in [-0.1, -0.05) is 12.1 Å². The van der Waals surface area contributed by atoms with Crippen LogP contribution in [0, 0.1) is 13.8 Å². The number of hydrogen-bond donors (Lipinski definition) is 0. The molecule has 1 aromatic carbocycles. The topological polar surface area (TPSA) is 31.0 Å². The zero-order valence-corrected chi connectivity index (χ0v) is 11.7. The Morgan fingerprint density at radius 1 is 1.21 bits per heavy atom. The van der Waals surface area contributed by atoms with E-state index in [1.54, 1.807) is 0 Å². The van der Waals surface area contributed by atoms with Crippen molar-refractivity contribution in [2.24, 2.45) is 0 Å². The van der Waals surface area contributed by atoms with Gasteiger partial charge >= 0.3 is 0 Å². The molecule has 0 aliphatic carbocycles. The molecule has 0 amide bonds. The summed E-state index contributed by atoms with van der Waals surface area (Å²) < 4.78 is 7.76. The fourth-order valence-corrected chi connectivity index (χ4v) is 2.54. The Hall–Kier alpha value is -1.74. The average Bonchev–Trinajstić information content (AvgIpc) is 2.96. The molecular formula is C15H15ClN2O. The minimum absolute atomic E-state index is 0.397. The van der Waals surface area contributed by atoms with Crippen molar-refractivity contribution >= 4 is 22.6 Å². The lowest BCUT2D eigenvalue weighted by atomic mass is 10.2. The molecule has 0 N–H and O–H groups in total. The number of fused-ring (bicyclic) bond motifs is 1. The molecule has 0 atom stereocenters. The summed E-state index contributed by atoms with van der Waals surface area (Å²) in [7, 11) is 0. The van der Waals surface area contributed by atoms with E-state index >= 15 is 0 Å². The quantitative estimate of drug-likeness (QED) is 0.675. The van der Waals surface area contributed by atoms with Crippen molar-refractivity contribution < 1.29 is 4.42 Å². The van der Waals surface area contributed by atoms with Crippen LogP contribution in [0.2, 0.25) is 0 Å². The summed E-state index contributed by atoms with van der Waals surface area (Å²) >= 11 is 6.01. The van der Waals surface area contributed by atoms with Gasteiger partial charge in [0.25, 0.3) is 0 Å². The molecule has 19 heavy (non-hydrogen) atoms. The second-order valence-corrected chi connectivity index (χ2v) is 4.97. The summed E-state index contributed by atoms with van der Waals surface area (Å²) in [6.07, 6.45) is 0. The third kappa shape index (κ3) is 2.15. The molecule has 0 saturated heterocycles. The Bertz CT molecular complexity index is 727. The summed E-state index contributed by atoms with van der Waals surface area (Å²) in [6.45, 7) is 4.67. The van der Waals surface area contributed by atoms with Crippen LogP contribution in [0.25, 0.3) is 11.0 Å². The van der Waals surface area contributed by atoms with E-state index in [-0.39, 0.29) is 0 Å². The highest BCUT2D eigenvalue weighted by atomic mass is 35.5. The SMILES string of the molecule is Cc1ccc(Cn2c(CCl)nc3c(C)cccc32)o1. The van der Waals surface area contributed by atoms with Crippen LogP contribution in [-0.2, 0) is 12.4 Å². The Morgan fingerprint density at radius 3 is 2.74 bits per heavy atom. The van der Waals surface area contributed by atoms with Crippen LogP contribution >= 0.6 is 11.6 Å². The molecule has 0 fully saturated rings. The van der Waals surface area contributed by atoms with E-state index < -0.39 is 0 Å². The molecule has 3 nitrogen and oxygen atoms in total. The maximum atomic E-state index is 6.01. The zero-order chi connectivity index (χ0) is 13.4. The van der Waals surface area contributed by atoms with Crippen LogP contribution in [0.3, 0.4) is 0 Å². The van der Waals surface area contributed by atoms with Crippen molar-refractivity contribution in [2.45, 2.75) is 26.3 Å². The van der Waals surface area contributed by atoms with E-state index in [0.717, 1.165) is 28.4 Å². The molecule has 2 aromatic heterocycles. The van der Waals surface area contributed by atoms with E-state index in [1.165, 1.54) is 5.56 Å². The van der Waals surface area contributed by atoms with Gasteiger partial charge in [-0.05, 0) is 37.6 Å². The number of benzene rings is 1. The predicted molar refractivity (Wildman–Crippen MR) is 76.6 cm³/mol. The van der Waals surface area contributed by atoms with Crippen LogP contribution in [0.15, 0.2) is 34.7 Å². The number of aromatic nitrogens is 2. The first-order valence-corrected chi connectivity index (χ1v) is 6.78. The number of imidazole rings is 1. The van der Waals surface area contributed by atoms with Crippen molar-refractivity contribution in [3.63, 3.8) is 0 Å². The number of nitrogens with zero attached hydrogens (tertiary/aromatic N) is 2. The number of alkyl halides is 1. The van der Waals surface area contributed by atoms with Crippen LogP contribution in [0.5, 0.6) is 0 Å². The van der Waals surface area contributed by atoms with Gasteiger partial charge in [-0.25, -0.2) is 4.98 Å². The van der Waals surface area contributed by atoms with Gasteiger partial charge < -0.3 is 8.98 Å². The first kappa shape index (κ1) is 12.3. The number of para-hydroxylation sites is 1. The third-order valence-electron chi connectivity index (χ3n) is 3.29. The van der Waals surface area contributed by atoms with Gasteiger partial charge in [-0.3, -0.25) is 0 Å². The number of aryl methyl sites for hydroxylation is 2. The summed E-state index contributed by atoms with van der Waals surface area (Å²) in [5, 5.41) is 0. The monoisotopic (exact) mass is 274 g/mol. The highest BCUT2D eigenvalue weighted by molar-refractivity contribution is 6.16. The molecule has 2 heterocycles. The molecule has 0 aliphatic rings. The minimum atomic E-state index is 0.397. The molecule has 0 aliphatic heterocycles. The molecule has 0 bridgehead atoms. The van der Waals surface area contributed by atoms with Crippen LogP contribution in [0.4, 0.5) is 0 Å². The molecular weight excluding hydrogens is 260 g/mol. The summed E-state index contributed by atoms with van der Waals surface area (Å²) in [5.41, 5.74) is 3.28. The first-order chi connectivity index (χ1) is 9.19. The Labute approximate surface area is 116 Å². The first-order valence-electron chi connectivity index (χ1n) is 6.25. The largest absolute Gasteiger partial charge is 0.464 e. The summed E-state index contributed by atoms with van der Waals surface area (Å²) in [4.78, 5) is 4.62. The van der Waals surface area contributed by atoms with Gasteiger partial charge in [0.1, 0.15) is 17.3 Å². The lowest BCUT2D eigenvalue weighted by molar-refractivity contribution is 0.470. The number of rotatable bonds is 3. The van der Waals surface area contributed by atoms with Crippen molar-refractivity contribution in [3.05, 3.63) is 53.2 Å². The number of hydrogen-bond acceptors (Lipinski definition) is 2. The molecule has 0 spiro atoms. The lowest BCUT2D eigenvalue weighted by Crippen LogP contribution is -2.02. The fourth-order valence-electron chi connectivity index (χ4n) is 2.34. The maximum Gasteiger partial charge on any atom is 0.125 e. The van der Waals surface area contributed by atoms with E-state index in [0.29, 0.717) is 12.4 Å². The van der Waals surface area contributed by atoms with Crippen molar-refractivity contribution in [1.29, 1.82) is 0 Å². The normalized spacial score (nSPS) is 11.3. The van der Waals surface area contributed by atoms with Crippen molar-refractivity contribution in [2.75, 3.05) is 0 Å². The molecule has 98 valence electrons. The van der Waals surface area contributed by atoms with Crippen molar-refractivity contribution in [3.8, 4) is 0 Å². The number of halogens is 1. The summed E-state index contributed by atoms with van der Waals surface area (Å²) in [6, 6.07) is 10.1. The second kappa shape index (κ2) is 4.74. The predicted octanol–water partition coefficient (Wildman–Crippen LogP) is 4.03. The van der Waals surface area contributed by atoms with Gasteiger partial charge in [0.05, 0.1) is 23.5 Å². The van der Waals surface area contributed by atoms with E-state index in [9.17, 15) is 0 Å². The van der Waals surface area contributed by atoms with Gasteiger partial charge in [0.2, 0.25) is 0 Å². The van der Waals surface area contributed by atoms with Crippen LogP contribution in [-0.4, -0.2) is 9.55 Å². The summed E-state index contributed by atoms with van der Waals surface area (Å²) in [5.74, 6) is 3.11. The van der Waals surface area contributed by atoms with Crippen molar-refractivity contribution in [1.82, 2.24) is 9.55 Å². The highest BCUT2D eigenvalue weighted by Gasteiger charge is 2.12. The van der Waals surface area contributed by atoms with Gasteiger partial charge in [-0.2, -0.15) is 0 Å². The smallest absolute Gasteiger partial charge is 0.125 e. The van der Waals surface area contributed by atoms with Crippen LogP contribution < -0.4 is 0 Å². The van der Waals surface area contributed by atoms with E-state index in [2.05, 4.69) is 28.6 Å². The third-order valence-corrected chi connectivity index (χ3v) is 3.53. The standard InChI is InChI=1S/C15H15ClN2O/c1-10-4-3-5-13-15(10)17-14(8-16)18(13)9-12-7-6-11(2)19-12/h3-7H,8-9H2,1-2H3. The molecule has 3 rings (SSSR count). The van der Waals surface area contributed by atoms with Crippen LogP contribution in [0.1, 0.15) is 22.9 Å².